The first-order valence-electron chi connectivity index (χ1n) is 5.31. The zero-order valence-corrected chi connectivity index (χ0v) is 9.48. The van der Waals surface area contributed by atoms with Crippen LogP contribution in [0.5, 0.6) is 0 Å². The maximum Gasteiger partial charge on any atom is 0.320 e. The summed E-state index contributed by atoms with van der Waals surface area (Å²) >= 11 is 1.97. The summed E-state index contributed by atoms with van der Waals surface area (Å²) < 4.78 is 0. The Bertz CT molecular complexity index is 181. The lowest BCUT2D eigenvalue weighted by molar-refractivity contribution is -0.139. The maximum absolute atomic E-state index is 10.7. The summed E-state index contributed by atoms with van der Waals surface area (Å²) in [6.45, 7) is 2.75. The minimum atomic E-state index is -0.728. The molecule has 0 aromatic heterocycles. The van der Waals surface area contributed by atoms with Crippen molar-refractivity contribution >= 4 is 17.7 Å². The number of rotatable bonds is 5. The van der Waals surface area contributed by atoms with E-state index in [1.165, 1.54) is 25.0 Å². The summed E-state index contributed by atoms with van der Waals surface area (Å²) in [5.74, 6) is 0.504. The number of nitrogens with one attached hydrogen (secondary N) is 1. The Balaban J connectivity index is 2.20. The molecule has 1 heterocycles. The van der Waals surface area contributed by atoms with Crippen LogP contribution in [0.4, 0.5) is 0 Å². The van der Waals surface area contributed by atoms with E-state index in [0.29, 0.717) is 11.7 Å². The van der Waals surface area contributed by atoms with Gasteiger partial charge in [0.05, 0.1) is 0 Å². The molecule has 3 nitrogen and oxygen atoms in total. The second-order valence-electron chi connectivity index (χ2n) is 3.70. The van der Waals surface area contributed by atoms with Crippen molar-refractivity contribution in [2.75, 3.05) is 12.3 Å². The summed E-state index contributed by atoms with van der Waals surface area (Å²) in [5.41, 5.74) is 0. The highest BCUT2D eigenvalue weighted by molar-refractivity contribution is 7.99. The van der Waals surface area contributed by atoms with Gasteiger partial charge in [0, 0.05) is 11.8 Å². The van der Waals surface area contributed by atoms with E-state index in [0.717, 1.165) is 6.54 Å². The van der Waals surface area contributed by atoms with Crippen molar-refractivity contribution in [3.05, 3.63) is 0 Å². The number of aliphatic carboxylic acids is 1. The lowest BCUT2D eigenvalue weighted by atomic mass is 10.1. The van der Waals surface area contributed by atoms with Crippen molar-refractivity contribution < 1.29 is 9.90 Å². The van der Waals surface area contributed by atoms with Gasteiger partial charge in [-0.1, -0.05) is 13.3 Å². The molecule has 0 aromatic rings. The first-order valence-corrected chi connectivity index (χ1v) is 6.36. The third-order valence-electron chi connectivity index (χ3n) is 2.57. The van der Waals surface area contributed by atoms with Gasteiger partial charge in [0.1, 0.15) is 6.04 Å². The Labute approximate surface area is 89.6 Å². The minimum Gasteiger partial charge on any atom is -0.480 e. The van der Waals surface area contributed by atoms with Gasteiger partial charge in [0.2, 0.25) is 0 Å². The van der Waals surface area contributed by atoms with Gasteiger partial charge in [-0.25, -0.2) is 0 Å². The summed E-state index contributed by atoms with van der Waals surface area (Å²) in [7, 11) is 0. The summed E-state index contributed by atoms with van der Waals surface area (Å²) in [5, 5.41) is 12.6. The first kappa shape index (κ1) is 11.9. The molecule has 1 fully saturated rings. The van der Waals surface area contributed by atoms with E-state index in [9.17, 15) is 4.79 Å². The van der Waals surface area contributed by atoms with Gasteiger partial charge >= 0.3 is 5.97 Å². The zero-order chi connectivity index (χ0) is 10.4. The predicted octanol–water partition coefficient (Wildman–Crippen LogP) is 1.72. The molecule has 2 N–H and O–H groups in total. The highest BCUT2D eigenvalue weighted by Gasteiger charge is 2.18. The Hall–Kier alpha value is -0.220. The summed E-state index contributed by atoms with van der Waals surface area (Å²) in [6.07, 6.45) is 4.50. The fraction of sp³-hybridized carbons (Fsp3) is 0.900. The van der Waals surface area contributed by atoms with Crippen LogP contribution < -0.4 is 5.32 Å². The molecule has 0 saturated carbocycles. The normalized spacial score (nSPS) is 24.5. The molecule has 0 aliphatic carbocycles. The summed E-state index contributed by atoms with van der Waals surface area (Å²) in [4.78, 5) is 10.7. The monoisotopic (exact) mass is 217 g/mol. The van der Waals surface area contributed by atoms with Crippen LogP contribution in [-0.2, 0) is 4.79 Å². The molecule has 0 amide bonds. The van der Waals surface area contributed by atoms with Gasteiger partial charge in [-0.3, -0.25) is 4.79 Å². The third-order valence-corrected chi connectivity index (χ3v) is 3.97. The average molecular weight is 217 g/mol. The fourth-order valence-corrected chi connectivity index (χ4v) is 2.90. The maximum atomic E-state index is 10.7. The van der Waals surface area contributed by atoms with Crippen molar-refractivity contribution in [3.63, 3.8) is 0 Å². The number of hydrogen-bond donors (Lipinski definition) is 2. The largest absolute Gasteiger partial charge is 0.480 e. The number of thioether (sulfide) groups is 1. The van der Waals surface area contributed by atoms with E-state index >= 15 is 0 Å². The third kappa shape index (κ3) is 3.88. The molecule has 14 heavy (non-hydrogen) atoms. The van der Waals surface area contributed by atoms with Gasteiger partial charge in [0.15, 0.2) is 0 Å². The Morgan fingerprint density at radius 3 is 2.93 bits per heavy atom. The van der Waals surface area contributed by atoms with Crippen molar-refractivity contribution in [1.82, 2.24) is 5.32 Å². The van der Waals surface area contributed by atoms with Gasteiger partial charge in [-0.2, -0.15) is 11.8 Å². The van der Waals surface area contributed by atoms with E-state index < -0.39 is 5.97 Å². The molecule has 0 bridgehead atoms. The Kier molecular flexibility index (Phi) is 5.33. The van der Waals surface area contributed by atoms with Crippen LogP contribution in [-0.4, -0.2) is 34.7 Å². The van der Waals surface area contributed by atoms with Crippen molar-refractivity contribution in [1.29, 1.82) is 0 Å². The summed E-state index contributed by atoms with van der Waals surface area (Å²) in [6, 6.07) is -0.363. The van der Waals surface area contributed by atoms with Crippen LogP contribution in [0.3, 0.4) is 0 Å². The molecule has 1 aliphatic rings. The highest BCUT2D eigenvalue weighted by atomic mass is 32.2. The SMILES string of the molecule is CCC(NCC1CCCCS1)C(=O)O. The van der Waals surface area contributed by atoms with Crippen molar-refractivity contribution in [2.24, 2.45) is 0 Å². The van der Waals surface area contributed by atoms with Crippen LogP contribution in [0.25, 0.3) is 0 Å². The second-order valence-corrected chi connectivity index (χ2v) is 5.10. The molecule has 1 saturated heterocycles. The standard InChI is InChI=1S/C10H19NO2S/c1-2-9(10(12)13)11-7-8-5-3-4-6-14-8/h8-9,11H,2-7H2,1H3,(H,12,13). The molecule has 1 aliphatic heterocycles. The van der Waals surface area contributed by atoms with E-state index in [2.05, 4.69) is 5.32 Å². The molecule has 2 unspecified atom stereocenters. The second kappa shape index (κ2) is 6.30. The van der Waals surface area contributed by atoms with Crippen LogP contribution >= 0.6 is 11.8 Å². The Morgan fingerprint density at radius 2 is 2.43 bits per heavy atom. The van der Waals surface area contributed by atoms with Gasteiger partial charge in [0.25, 0.3) is 0 Å². The number of hydrogen-bond acceptors (Lipinski definition) is 3. The zero-order valence-electron chi connectivity index (χ0n) is 8.66. The molecule has 2 atom stereocenters. The average Bonchev–Trinajstić information content (AvgIpc) is 2.20. The van der Waals surface area contributed by atoms with E-state index in [1.807, 2.05) is 18.7 Å². The molecule has 0 spiro atoms. The molecular weight excluding hydrogens is 198 g/mol. The fourth-order valence-electron chi connectivity index (χ4n) is 1.65. The number of carboxylic acids is 1. The molecule has 82 valence electrons. The van der Waals surface area contributed by atoms with E-state index in [-0.39, 0.29) is 6.04 Å². The van der Waals surface area contributed by atoms with E-state index in [4.69, 9.17) is 5.11 Å². The quantitative estimate of drug-likeness (QED) is 0.736. The topological polar surface area (TPSA) is 49.3 Å². The number of carboxylic acid groups (broad SMARTS) is 1. The first-order chi connectivity index (χ1) is 6.74. The highest BCUT2D eigenvalue weighted by Crippen LogP contribution is 2.24. The molecule has 0 aromatic carbocycles. The van der Waals surface area contributed by atoms with E-state index in [1.54, 1.807) is 0 Å². The van der Waals surface area contributed by atoms with Gasteiger partial charge < -0.3 is 10.4 Å². The molecule has 4 heteroatoms. The van der Waals surface area contributed by atoms with Gasteiger partial charge in [-0.05, 0) is 25.0 Å². The smallest absolute Gasteiger partial charge is 0.320 e. The van der Waals surface area contributed by atoms with Crippen molar-refractivity contribution in [2.45, 2.75) is 43.9 Å². The lowest BCUT2D eigenvalue weighted by Gasteiger charge is -2.23. The van der Waals surface area contributed by atoms with Crippen LogP contribution in [0.15, 0.2) is 0 Å². The Morgan fingerprint density at radius 1 is 1.64 bits per heavy atom. The predicted molar refractivity (Wildman–Crippen MR) is 59.8 cm³/mol. The van der Waals surface area contributed by atoms with Crippen LogP contribution in [0.1, 0.15) is 32.6 Å². The number of carbonyl (C=O) groups is 1. The van der Waals surface area contributed by atoms with Crippen molar-refractivity contribution in [3.8, 4) is 0 Å². The van der Waals surface area contributed by atoms with Crippen LogP contribution in [0, 0.1) is 0 Å². The molecule has 0 radical (unpaired) electrons. The molecular formula is C10H19NO2S. The lowest BCUT2D eigenvalue weighted by Crippen LogP contribution is -2.40. The minimum absolute atomic E-state index is 0.363. The van der Waals surface area contributed by atoms with Crippen LogP contribution in [0.2, 0.25) is 0 Å². The molecule has 1 rings (SSSR count). The van der Waals surface area contributed by atoms with Gasteiger partial charge in [-0.15, -0.1) is 0 Å².